The van der Waals surface area contributed by atoms with Crippen LogP contribution in [0, 0.1) is 0 Å². The number of likely N-dealkylation sites (tertiary alicyclic amines) is 1. The summed E-state index contributed by atoms with van der Waals surface area (Å²) in [7, 11) is 0. The number of hydrazine groups is 1. The van der Waals surface area contributed by atoms with E-state index in [1.165, 1.54) is 5.57 Å². The number of carbonyl (C=O) groups excluding carboxylic acids is 1. The highest BCUT2D eigenvalue weighted by atomic mass is 16.2. The van der Waals surface area contributed by atoms with Crippen LogP contribution in [-0.2, 0) is 0 Å². The van der Waals surface area contributed by atoms with Crippen LogP contribution in [0.5, 0.6) is 0 Å². The molecule has 162 valence electrons. The van der Waals surface area contributed by atoms with Gasteiger partial charge in [0.2, 0.25) is 0 Å². The molecule has 0 radical (unpaired) electrons. The van der Waals surface area contributed by atoms with Crippen LogP contribution in [0.2, 0.25) is 0 Å². The number of anilines is 1. The summed E-state index contributed by atoms with van der Waals surface area (Å²) in [6.45, 7) is 8.05. The van der Waals surface area contributed by atoms with Crippen LogP contribution in [-0.4, -0.2) is 45.0 Å². The third-order valence-corrected chi connectivity index (χ3v) is 6.61. The highest BCUT2D eigenvalue weighted by Gasteiger charge is 2.41. The van der Waals surface area contributed by atoms with E-state index >= 15 is 0 Å². The predicted octanol–water partition coefficient (Wildman–Crippen LogP) is 3.13. The number of nitrogens with two attached hydrogens (primary N) is 1. The van der Waals surface area contributed by atoms with Crippen LogP contribution < -0.4 is 16.5 Å². The van der Waals surface area contributed by atoms with Crippen LogP contribution in [0.4, 0.5) is 5.82 Å². The number of carbonyl (C=O) groups is 1. The Hall–Kier alpha value is -3.22. The fourth-order valence-electron chi connectivity index (χ4n) is 4.63. The van der Waals surface area contributed by atoms with Gasteiger partial charge in [-0.1, -0.05) is 6.07 Å². The summed E-state index contributed by atoms with van der Waals surface area (Å²) in [4.78, 5) is 19.5. The van der Waals surface area contributed by atoms with Crippen molar-refractivity contribution in [1.82, 2.24) is 25.6 Å². The van der Waals surface area contributed by atoms with Crippen molar-refractivity contribution in [2.45, 2.75) is 51.1 Å². The number of benzene rings is 1. The quantitative estimate of drug-likeness (QED) is 0.660. The Labute approximate surface area is 183 Å². The van der Waals surface area contributed by atoms with Crippen molar-refractivity contribution in [1.29, 1.82) is 0 Å². The van der Waals surface area contributed by atoms with Crippen molar-refractivity contribution in [3.63, 3.8) is 0 Å². The molecule has 0 atom stereocenters. The molecule has 3 aliphatic heterocycles. The first-order chi connectivity index (χ1) is 14.7. The maximum Gasteiger partial charge on any atom is 0.253 e. The first kappa shape index (κ1) is 19.7. The maximum absolute atomic E-state index is 13.1. The van der Waals surface area contributed by atoms with Crippen LogP contribution in [0.25, 0.3) is 10.9 Å². The van der Waals surface area contributed by atoms with Gasteiger partial charge in [-0.3, -0.25) is 15.2 Å². The first-order valence-electron chi connectivity index (χ1n) is 10.9. The number of piperidine rings is 1. The zero-order valence-electron chi connectivity index (χ0n) is 18.4. The number of rotatable bonds is 1. The van der Waals surface area contributed by atoms with E-state index in [0.29, 0.717) is 11.4 Å². The number of aromatic nitrogens is 1. The zero-order valence-corrected chi connectivity index (χ0v) is 18.4. The molecule has 5 rings (SSSR count). The summed E-state index contributed by atoms with van der Waals surface area (Å²) in [5.74, 6) is 0.530. The fourth-order valence-corrected chi connectivity index (χ4v) is 4.63. The van der Waals surface area contributed by atoms with Gasteiger partial charge in [0.05, 0.1) is 16.8 Å². The second kappa shape index (κ2) is 6.90. The lowest BCUT2D eigenvalue weighted by Crippen LogP contribution is -2.54. The van der Waals surface area contributed by atoms with Crippen molar-refractivity contribution >= 4 is 22.6 Å². The number of allylic oxidation sites excluding steroid dienone is 1. The minimum Gasteiger partial charge on any atom is -0.384 e. The van der Waals surface area contributed by atoms with Gasteiger partial charge < -0.3 is 16.0 Å². The first-order valence-corrected chi connectivity index (χ1v) is 10.9. The standard InChI is InChI=1S/C24H30N6O/c1-23(2,3)30-15-18-13-24(26-14-20(18)28-30)8-10-29(11-9-24)22(31)17-5-4-16-6-7-21(25)27-19(16)12-17/h4-7,12,14-15,26,28H,8-11,13H2,1-3H3,(H2,25,27). The molecular weight excluding hydrogens is 388 g/mol. The van der Waals surface area contributed by atoms with Gasteiger partial charge >= 0.3 is 0 Å². The normalized spacial score (nSPS) is 20.1. The molecule has 7 nitrogen and oxygen atoms in total. The van der Waals surface area contributed by atoms with Crippen LogP contribution in [0.15, 0.2) is 54.0 Å². The summed E-state index contributed by atoms with van der Waals surface area (Å²) in [6, 6.07) is 9.39. The van der Waals surface area contributed by atoms with Gasteiger partial charge in [0.1, 0.15) is 5.82 Å². The molecule has 31 heavy (non-hydrogen) atoms. The number of nitrogens with zero attached hydrogens (tertiary/aromatic N) is 3. The van der Waals surface area contributed by atoms with E-state index in [1.54, 1.807) is 6.07 Å². The van der Waals surface area contributed by atoms with Gasteiger partial charge in [-0.05, 0) is 69.9 Å². The van der Waals surface area contributed by atoms with E-state index in [-0.39, 0.29) is 17.0 Å². The molecule has 1 spiro atoms. The molecule has 0 saturated carbocycles. The number of amides is 1. The molecule has 0 unspecified atom stereocenters. The van der Waals surface area contributed by atoms with Crippen molar-refractivity contribution < 1.29 is 4.79 Å². The van der Waals surface area contributed by atoms with Crippen LogP contribution in [0.3, 0.4) is 0 Å². The lowest BCUT2D eigenvalue weighted by atomic mass is 9.79. The molecule has 1 aromatic carbocycles. The van der Waals surface area contributed by atoms with Gasteiger partial charge in [0.25, 0.3) is 5.91 Å². The molecule has 1 amide bonds. The van der Waals surface area contributed by atoms with Crippen LogP contribution in [0.1, 0.15) is 50.4 Å². The smallest absolute Gasteiger partial charge is 0.253 e. The second-order valence-corrected chi connectivity index (χ2v) is 9.90. The molecule has 1 fully saturated rings. The lowest BCUT2D eigenvalue weighted by molar-refractivity contribution is 0.0650. The van der Waals surface area contributed by atoms with E-state index in [2.05, 4.69) is 53.9 Å². The number of pyridine rings is 1. The van der Waals surface area contributed by atoms with Crippen molar-refractivity contribution in [3.8, 4) is 0 Å². The van der Waals surface area contributed by atoms with Gasteiger partial charge in [-0.2, -0.15) is 0 Å². The number of nitrogen functional groups attached to an aromatic ring is 1. The van der Waals surface area contributed by atoms with Crippen molar-refractivity contribution in [2.75, 3.05) is 18.8 Å². The minimum absolute atomic E-state index is 0.0150. The Balaban J connectivity index is 1.28. The topological polar surface area (TPSA) is 86.5 Å². The molecule has 1 aromatic heterocycles. The van der Waals surface area contributed by atoms with Gasteiger partial charge in [0.15, 0.2) is 0 Å². The molecule has 4 N–H and O–H groups in total. The molecule has 3 aliphatic rings. The van der Waals surface area contributed by atoms with Crippen LogP contribution >= 0.6 is 0 Å². The van der Waals surface area contributed by atoms with Crippen molar-refractivity contribution in [2.24, 2.45) is 0 Å². The maximum atomic E-state index is 13.1. The van der Waals surface area contributed by atoms with Gasteiger partial charge in [-0.15, -0.1) is 0 Å². The summed E-state index contributed by atoms with van der Waals surface area (Å²) in [5.41, 5.74) is 13.3. The Bertz CT molecular complexity index is 1100. The molecule has 2 aromatic rings. The SMILES string of the molecule is CC(C)(C)N1C=C2CC3(CCN(C(=O)c4ccc5ccc(N)nc5c4)CC3)NC=C2N1. The molecular formula is C24H30N6O. The zero-order chi connectivity index (χ0) is 21.8. The molecule has 7 heteroatoms. The van der Waals surface area contributed by atoms with Gasteiger partial charge in [-0.25, -0.2) is 4.98 Å². The Morgan fingerprint density at radius 2 is 1.90 bits per heavy atom. The second-order valence-electron chi connectivity index (χ2n) is 9.90. The number of nitrogens with one attached hydrogen (secondary N) is 2. The number of fused-ring (bicyclic) bond motifs is 2. The van der Waals surface area contributed by atoms with Crippen molar-refractivity contribution in [3.05, 3.63) is 59.6 Å². The molecule has 0 aliphatic carbocycles. The van der Waals surface area contributed by atoms with E-state index in [1.807, 2.05) is 29.2 Å². The minimum atomic E-state index is 0.0150. The van der Waals surface area contributed by atoms with E-state index in [0.717, 1.165) is 49.0 Å². The third-order valence-electron chi connectivity index (χ3n) is 6.61. The third kappa shape index (κ3) is 3.58. The van der Waals surface area contributed by atoms with E-state index < -0.39 is 0 Å². The summed E-state index contributed by atoms with van der Waals surface area (Å²) in [6.07, 6.45) is 7.17. The number of hydrogen-bond acceptors (Lipinski definition) is 6. The highest BCUT2D eigenvalue weighted by Crippen LogP contribution is 2.37. The Morgan fingerprint density at radius 1 is 1.16 bits per heavy atom. The summed E-state index contributed by atoms with van der Waals surface area (Å²) in [5, 5.41) is 6.81. The summed E-state index contributed by atoms with van der Waals surface area (Å²) >= 11 is 0. The highest BCUT2D eigenvalue weighted by molar-refractivity contribution is 5.98. The molecule has 0 bridgehead atoms. The average Bonchev–Trinajstić information content (AvgIpc) is 3.17. The fraction of sp³-hybridized carbons (Fsp3) is 0.417. The molecule has 4 heterocycles. The Kier molecular flexibility index (Phi) is 4.39. The monoisotopic (exact) mass is 418 g/mol. The van der Waals surface area contributed by atoms with E-state index in [4.69, 9.17) is 5.73 Å². The number of hydrogen-bond donors (Lipinski definition) is 3. The predicted molar refractivity (Wildman–Crippen MR) is 123 cm³/mol. The molecule has 1 saturated heterocycles. The average molecular weight is 419 g/mol. The lowest BCUT2D eigenvalue weighted by Gasteiger charge is -2.44. The largest absolute Gasteiger partial charge is 0.384 e. The summed E-state index contributed by atoms with van der Waals surface area (Å²) < 4.78 is 0. The van der Waals surface area contributed by atoms with Gasteiger partial charge in [0, 0.05) is 42.0 Å². The Morgan fingerprint density at radius 3 is 2.65 bits per heavy atom. The van der Waals surface area contributed by atoms with E-state index in [9.17, 15) is 4.79 Å².